The summed E-state index contributed by atoms with van der Waals surface area (Å²) < 4.78 is 5.02. The van der Waals surface area contributed by atoms with E-state index in [0.717, 1.165) is 4.90 Å². The summed E-state index contributed by atoms with van der Waals surface area (Å²) in [6.45, 7) is 3.28. The first-order chi connectivity index (χ1) is 12.8. The topological polar surface area (TPSA) is 104 Å². The van der Waals surface area contributed by atoms with E-state index in [4.69, 9.17) is 4.74 Å². The number of rotatable bonds is 5. The fourth-order valence-electron chi connectivity index (χ4n) is 2.75. The van der Waals surface area contributed by atoms with Gasteiger partial charge < -0.3 is 14.9 Å². The number of hydrogen-bond acceptors (Lipinski definition) is 6. The van der Waals surface area contributed by atoms with Crippen LogP contribution in [0.15, 0.2) is 36.4 Å². The zero-order valence-electron chi connectivity index (χ0n) is 14.9. The molecule has 0 fully saturated rings. The molecule has 1 aliphatic heterocycles. The van der Waals surface area contributed by atoms with Crippen molar-refractivity contribution >= 4 is 23.5 Å². The molecule has 0 aromatic heterocycles. The summed E-state index contributed by atoms with van der Waals surface area (Å²) >= 11 is 0. The molecule has 2 aromatic carbocycles. The number of benzene rings is 2. The molecule has 27 heavy (non-hydrogen) atoms. The number of carbonyl (C=O) groups excluding carboxylic acids is 3. The molecule has 0 saturated carbocycles. The summed E-state index contributed by atoms with van der Waals surface area (Å²) in [6.07, 6.45) is -0.300. The summed E-state index contributed by atoms with van der Waals surface area (Å²) in [5.74, 6) is -1.66. The van der Waals surface area contributed by atoms with Gasteiger partial charge in [0.1, 0.15) is 12.4 Å². The van der Waals surface area contributed by atoms with Gasteiger partial charge in [-0.05, 0) is 55.3 Å². The van der Waals surface area contributed by atoms with E-state index in [-0.39, 0.29) is 29.0 Å². The van der Waals surface area contributed by atoms with Gasteiger partial charge in [-0.1, -0.05) is 6.92 Å². The molecule has 0 saturated heterocycles. The molecule has 2 aromatic rings. The molecule has 2 amide bonds. The zero-order chi connectivity index (χ0) is 19.7. The first kappa shape index (κ1) is 18.6. The van der Waals surface area contributed by atoms with Crippen molar-refractivity contribution < 1.29 is 29.3 Å². The summed E-state index contributed by atoms with van der Waals surface area (Å²) in [5, 5.41) is 19.1. The Kier molecular flexibility index (Phi) is 4.96. The Bertz CT molecular complexity index is 936. The van der Waals surface area contributed by atoms with Gasteiger partial charge in [0.25, 0.3) is 11.8 Å². The summed E-state index contributed by atoms with van der Waals surface area (Å²) in [7, 11) is 0. The van der Waals surface area contributed by atoms with E-state index in [1.807, 2.05) is 0 Å². The normalized spacial score (nSPS) is 14.3. The van der Waals surface area contributed by atoms with Gasteiger partial charge in [-0.2, -0.15) is 0 Å². The van der Waals surface area contributed by atoms with E-state index in [9.17, 15) is 24.6 Å². The number of anilines is 1. The van der Waals surface area contributed by atoms with Crippen molar-refractivity contribution in [3.8, 4) is 5.75 Å². The quantitative estimate of drug-likeness (QED) is 0.620. The smallest absolute Gasteiger partial charge is 0.338 e. The lowest BCUT2D eigenvalue weighted by atomic mass is 10.1. The molecule has 1 aliphatic rings. The Morgan fingerprint density at radius 2 is 1.81 bits per heavy atom. The van der Waals surface area contributed by atoms with Crippen LogP contribution in [0.25, 0.3) is 0 Å². The standard InChI is InChI=1S/C20H19NO6/c1-3-14(22)10-27-20(26)12-4-6-15-16(9-12)19(25)21(18(15)24)13-5-7-17(23)11(2)8-13/h4-9,14,22-23H,3,10H2,1-2H3. The van der Waals surface area contributed by atoms with Crippen LogP contribution in [-0.4, -0.2) is 40.7 Å². The largest absolute Gasteiger partial charge is 0.508 e. The third-order valence-corrected chi connectivity index (χ3v) is 4.44. The number of phenolic OH excluding ortho intramolecular Hbond substituents is 1. The number of esters is 1. The second-order valence-corrected chi connectivity index (χ2v) is 6.34. The maximum atomic E-state index is 12.7. The highest BCUT2D eigenvalue weighted by atomic mass is 16.5. The van der Waals surface area contributed by atoms with E-state index in [2.05, 4.69) is 0 Å². The molecule has 7 heteroatoms. The number of imide groups is 1. The number of carbonyl (C=O) groups is 3. The van der Waals surface area contributed by atoms with Crippen LogP contribution in [0.4, 0.5) is 5.69 Å². The van der Waals surface area contributed by atoms with Crippen molar-refractivity contribution in [3.05, 3.63) is 58.7 Å². The minimum atomic E-state index is -0.750. The lowest BCUT2D eigenvalue weighted by Crippen LogP contribution is -2.29. The molecule has 1 heterocycles. The van der Waals surface area contributed by atoms with E-state index in [1.54, 1.807) is 19.9 Å². The monoisotopic (exact) mass is 369 g/mol. The van der Waals surface area contributed by atoms with Gasteiger partial charge >= 0.3 is 5.97 Å². The van der Waals surface area contributed by atoms with Crippen molar-refractivity contribution in [2.75, 3.05) is 11.5 Å². The molecule has 0 spiro atoms. The SMILES string of the molecule is CCC(O)COC(=O)c1ccc2c(c1)C(=O)N(c1ccc(O)c(C)c1)C2=O. The van der Waals surface area contributed by atoms with E-state index in [0.29, 0.717) is 17.7 Å². The molecule has 1 atom stereocenters. The number of aryl methyl sites for hydroxylation is 1. The maximum absolute atomic E-state index is 12.7. The van der Waals surface area contributed by atoms with E-state index >= 15 is 0 Å². The third-order valence-electron chi connectivity index (χ3n) is 4.44. The lowest BCUT2D eigenvalue weighted by molar-refractivity contribution is 0.0250. The minimum Gasteiger partial charge on any atom is -0.508 e. The van der Waals surface area contributed by atoms with Gasteiger partial charge in [0.2, 0.25) is 0 Å². The first-order valence-corrected chi connectivity index (χ1v) is 8.51. The van der Waals surface area contributed by atoms with Crippen LogP contribution in [0, 0.1) is 6.92 Å². The molecular weight excluding hydrogens is 350 g/mol. The Morgan fingerprint density at radius 3 is 2.48 bits per heavy atom. The summed E-state index contributed by atoms with van der Waals surface area (Å²) in [5.41, 5.74) is 1.29. The van der Waals surface area contributed by atoms with Crippen molar-refractivity contribution in [1.29, 1.82) is 0 Å². The third kappa shape index (κ3) is 3.41. The van der Waals surface area contributed by atoms with Crippen LogP contribution in [0.1, 0.15) is 50.0 Å². The average Bonchev–Trinajstić information content (AvgIpc) is 2.92. The maximum Gasteiger partial charge on any atom is 0.338 e. The molecule has 3 rings (SSSR count). The number of fused-ring (bicyclic) bond motifs is 1. The van der Waals surface area contributed by atoms with Crippen molar-refractivity contribution in [1.82, 2.24) is 0 Å². The summed E-state index contributed by atoms with van der Waals surface area (Å²) in [4.78, 5) is 38.5. The molecule has 0 bridgehead atoms. The fourth-order valence-corrected chi connectivity index (χ4v) is 2.75. The first-order valence-electron chi connectivity index (χ1n) is 8.51. The van der Waals surface area contributed by atoms with Crippen LogP contribution in [-0.2, 0) is 4.74 Å². The van der Waals surface area contributed by atoms with Gasteiger partial charge in [0, 0.05) is 0 Å². The molecule has 1 unspecified atom stereocenters. The number of aliphatic hydroxyl groups excluding tert-OH is 1. The van der Waals surface area contributed by atoms with Crippen molar-refractivity contribution in [2.24, 2.45) is 0 Å². The summed E-state index contributed by atoms with van der Waals surface area (Å²) in [6, 6.07) is 8.58. The van der Waals surface area contributed by atoms with Crippen LogP contribution in [0.2, 0.25) is 0 Å². The Balaban J connectivity index is 1.88. The number of amides is 2. The Morgan fingerprint density at radius 1 is 1.11 bits per heavy atom. The predicted octanol–water partition coefficient (Wildman–Crippen LogP) is 2.43. The van der Waals surface area contributed by atoms with Crippen LogP contribution < -0.4 is 4.90 Å². The van der Waals surface area contributed by atoms with Crippen molar-refractivity contribution in [2.45, 2.75) is 26.4 Å². The van der Waals surface area contributed by atoms with E-state index < -0.39 is 23.9 Å². The number of phenols is 1. The van der Waals surface area contributed by atoms with Gasteiger partial charge in [0.15, 0.2) is 0 Å². The van der Waals surface area contributed by atoms with Crippen molar-refractivity contribution in [3.63, 3.8) is 0 Å². The molecular formula is C20H19NO6. The second kappa shape index (κ2) is 7.20. The highest BCUT2D eigenvalue weighted by Gasteiger charge is 2.37. The fraction of sp³-hybridized carbons (Fsp3) is 0.250. The predicted molar refractivity (Wildman–Crippen MR) is 97.0 cm³/mol. The minimum absolute atomic E-state index is 0.0645. The van der Waals surface area contributed by atoms with Crippen LogP contribution in [0.3, 0.4) is 0 Å². The number of nitrogens with zero attached hydrogens (tertiary/aromatic N) is 1. The highest BCUT2D eigenvalue weighted by Crippen LogP contribution is 2.31. The van der Waals surface area contributed by atoms with Gasteiger partial charge in [-0.15, -0.1) is 0 Å². The molecule has 140 valence electrons. The second-order valence-electron chi connectivity index (χ2n) is 6.34. The van der Waals surface area contributed by atoms with Gasteiger partial charge in [-0.3, -0.25) is 9.59 Å². The van der Waals surface area contributed by atoms with Gasteiger partial charge in [0.05, 0.1) is 28.5 Å². The van der Waals surface area contributed by atoms with Gasteiger partial charge in [-0.25, -0.2) is 9.69 Å². The van der Waals surface area contributed by atoms with E-state index in [1.165, 1.54) is 30.3 Å². The molecule has 7 nitrogen and oxygen atoms in total. The highest BCUT2D eigenvalue weighted by molar-refractivity contribution is 6.34. The van der Waals surface area contributed by atoms with Crippen LogP contribution in [0.5, 0.6) is 5.75 Å². The lowest BCUT2D eigenvalue weighted by Gasteiger charge is -2.14. The number of ether oxygens (including phenoxy) is 1. The number of aliphatic hydroxyl groups is 1. The Labute approximate surface area is 155 Å². The number of hydrogen-bond donors (Lipinski definition) is 2. The van der Waals surface area contributed by atoms with Crippen LogP contribution >= 0.6 is 0 Å². The zero-order valence-corrected chi connectivity index (χ0v) is 14.9. The molecule has 2 N–H and O–H groups in total. The molecule has 0 radical (unpaired) electrons. The molecule has 0 aliphatic carbocycles. The Hall–Kier alpha value is -3.19. The number of aromatic hydroxyl groups is 1. The average molecular weight is 369 g/mol.